The molecule has 0 saturated heterocycles. The number of fused-ring (bicyclic) bond motifs is 1. The molecule has 106 valence electrons. The molecule has 0 saturated carbocycles. The number of rotatable bonds is 4. The Balaban J connectivity index is 1.71. The molecule has 1 N–H and O–H groups in total. The van der Waals surface area contributed by atoms with Crippen LogP contribution in [0.1, 0.15) is 18.1 Å². The molecule has 0 spiro atoms. The predicted molar refractivity (Wildman–Crippen MR) is 84.4 cm³/mol. The first-order valence-electron chi connectivity index (χ1n) is 7.10. The molecule has 2 aromatic carbocycles. The van der Waals surface area contributed by atoms with E-state index in [0.717, 1.165) is 28.6 Å². The number of anilines is 1. The van der Waals surface area contributed by atoms with Crippen LogP contribution in [0.3, 0.4) is 0 Å². The zero-order valence-electron chi connectivity index (χ0n) is 11.9. The summed E-state index contributed by atoms with van der Waals surface area (Å²) < 4.78 is 5.45. The summed E-state index contributed by atoms with van der Waals surface area (Å²) in [7, 11) is 0. The summed E-state index contributed by atoms with van der Waals surface area (Å²) in [6.45, 7) is 2.11. The maximum absolute atomic E-state index is 12.1. The summed E-state index contributed by atoms with van der Waals surface area (Å²) in [5, 5.41) is 3.91. The first-order chi connectivity index (χ1) is 10.3. The summed E-state index contributed by atoms with van der Waals surface area (Å²) in [6, 6.07) is 15.7. The largest absolute Gasteiger partial charge is 0.464 e. The van der Waals surface area contributed by atoms with Crippen molar-refractivity contribution in [2.75, 3.05) is 5.32 Å². The van der Waals surface area contributed by atoms with Gasteiger partial charge in [0.05, 0.1) is 12.7 Å². The molecule has 1 heterocycles. The number of furan rings is 1. The van der Waals surface area contributed by atoms with Crippen molar-refractivity contribution in [3.8, 4) is 0 Å². The molecule has 3 nitrogen and oxygen atoms in total. The lowest BCUT2D eigenvalue weighted by Crippen LogP contribution is -2.14. The van der Waals surface area contributed by atoms with Gasteiger partial charge in [0.15, 0.2) is 0 Å². The maximum atomic E-state index is 12.1. The molecule has 0 bridgehead atoms. The first-order valence-corrected chi connectivity index (χ1v) is 7.10. The van der Waals surface area contributed by atoms with Gasteiger partial charge in [-0.2, -0.15) is 0 Å². The third kappa shape index (κ3) is 2.97. The summed E-state index contributed by atoms with van der Waals surface area (Å²) in [4.78, 5) is 12.1. The first kappa shape index (κ1) is 13.4. The highest BCUT2D eigenvalue weighted by molar-refractivity contribution is 5.95. The number of para-hydroxylation sites is 1. The standard InChI is InChI=1S/C18H17NO2/c1-2-13-7-9-15(10-8-13)19-18(20)11-14-12-21-17-6-4-3-5-16(14)17/h3-10,12H,2,11H2,1H3,(H,19,20). The van der Waals surface area contributed by atoms with Gasteiger partial charge in [-0.1, -0.05) is 37.3 Å². The number of hydrogen-bond acceptors (Lipinski definition) is 2. The highest BCUT2D eigenvalue weighted by Gasteiger charge is 2.10. The number of carbonyl (C=O) groups excluding carboxylic acids is 1. The second-order valence-electron chi connectivity index (χ2n) is 5.03. The molecule has 0 aliphatic carbocycles. The number of amides is 1. The van der Waals surface area contributed by atoms with Gasteiger partial charge in [0, 0.05) is 16.6 Å². The molecule has 3 aromatic rings. The molecule has 0 aliphatic heterocycles. The van der Waals surface area contributed by atoms with E-state index in [-0.39, 0.29) is 5.91 Å². The number of benzene rings is 2. The minimum absolute atomic E-state index is 0.0363. The SMILES string of the molecule is CCc1ccc(NC(=O)Cc2coc3ccccc23)cc1. The molecule has 0 radical (unpaired) electrons. The van der Waals surface area contributed by atoms with Crippen molar-refractivity contribution >= 4 is 22.6 Å². The van der Waals surface area contributed by atoms with Crippen molar-refractivity contribution in [1.29, 1.82) is 0 Å². The Bertz CT molecular complexity index is 756. The van der Waals surface area contributed by atoms with Crippen LogP contribution < -0.4 is 5.32 Å². The Morgan fingerprint density at radius 2 is 1.86 bits per heavy atom. The van der Waals surface area contributed by atoms with Crippen LogP contribution in [-0.2, 0) is 17.6 Å². The summed E-state index contributed by atoms with van der Waals surface area (Å²) in [5.41, 5.74) is 3.81. The van der Waals surface area contributed by atoms with Crippen LogP contribution >= 0.6 is 0 Å². The minimum Gasteiger partial charge on any atom is -0.464 e. The van der Waals surface area contributed by atoms with E-state index in [1.807, 2.05) is 48.5 Å². The molecule has 1 amide bonds. The van der Waals surface area contributed by atoms with Gasteiger partial charge in [-0.3, -0.25) is 4.79 Å². The molecule has 3 rings (SSSR count). The molecular weight excluding hydrogens is 262 g/mol. The van der Waals surface area contributed by atoms with Gasteiger partial charge >= 0.3 is 0 Å². The third-order valence-electron chi connectivity index (χ3n) is 3.56. The third-order valence-corrected chi connectivity index (χ3v) is 3.56. The van der Waals surface area contributed by atoms with Crippen molar-refractivity contribution in [2.24, 2.45) is 0 Å². The van der Waals surface area contributed by atoms with Crippen LogP contribution in [0.2, 0.25) is 0 Å². The molecule has 0 unspecified atom stereocenters. The van der Waals surface area contributed by atoms with Gasteiger partial charge in [-0.15, -0.1) is 0 Å². The second-order valence-corrected chi connectivity index (χ2v) is 5.03. The molecule has 0 fully saturated rings. The number of aryl methyl sites for hydroxylation is 1. The van der Waals surface area contributed by atoms with E-state index in [4.69, 9.17) is 4.42 Å². The predicted octanol–water partition coefficient (Wildman–Crippen LogP) is 4.18. The quantitative estimate of drug-likeness (QED) is 0.778. The normalized spacial score (nSPS) is 10.7. The number of hydrogen-bond donors (Lipinski definition) is 1. The van der Waals surface area contributed by atoms with Gasteiger partial charge in [-0.05, 0) is 30.2 Å². The molecular formula is C18H17NO2. The highest BCUT2D eigenvalue weighted by Crippen LogP contribution is 2.21. The van der Waals surface area contributed by atoms with Crippen LogP contribution in [0.4, 0.5) is 5.69 Å². The Kier molecular flexibility index (Phi) is 3.73. The number of nitrogens with one attached hydrogen (secondary N) is 1. The lowest BCUT2D eigenvalue weighted by atomic mass is 10.1. The Morgan fingerprint density at radius 3 is 2.62 bits per heavy atom. The molecule has 0 aliphatic rings. The van der Waals surface area contributed by atoms with E-state index < -0.39 is 0 Å². The van der Waals surface area contributed by atoms with Crippen LogP contribution in [0.5, 0.6) is 0 Å². The van der Waals surface area contributed by atoms with Gasteiger partial charge in [0.1, 0.15) is 5.58 Å². The van der Waals surface area contributed by atoms with Crippen LogP contribution in [0.15, 0.2) is 59.2 Å². The van der Waals surface area contributed by atoms with Crippen molar-refractivity contribution in [1.82, 2.24) is 0 Å². The molecule has 1 aromatic heterocycles. The van der Waals surface area contributed by atoms with E-state index in [2.05, 4.69) is 12.2 Å². The van der Waals surface area contributed by atoms with Gasteiger partial charge in [0.25, 0.3) is 0 Å². The zero-order valence-corrected chi connectivity index (χ0v) is 11.9. The Hall–Kier alpha value is -2.55. The van der Waals surface area contributed by atoms with E-state index in [0.29, 0.717) is 6.42 Å². The van der Waals surface area contributed by atoms with Crippen molar-refractivity contribution in [3.63, 3.8) is 0 Å². The maximum Gasteiger partial charge on any atom is 0.228 e. The van der Waals surface area contributed by atoms with Crippen molar-refractivity contribution in [2.45, 2.75) is 19.8 Å². The van der Waals surface area contributed by atoms with E-state index >= 15 is 0 Å². The lowest BCUT2D eigenvalue weighted by molar-refractivity contribution is -0.115. The highest BCUT2D eigenvalue weighted by atomic mass is 16.3. The average molecular weight is 279 g/mol. The Morgan fingerprint density at radius 1 is 1.10 bits per heavy atom. The van der Waals surface area contributed by atoms with Gasteiger partial charge in [-0.25, -0.2) is 0 Å². The van der Waals surface area contributed by atoms with Crippen molar-refractivity contribution in [3.05, 3.63) is 65.9 Å². The van der Waals surface area contributed by atoms with Crippen LogP contribution in [-0.4, -0.2) is 5.91 Å². The minimum atomic E-state index is -0.0363. The fraction of sp³-hybridized carbons (Fsp3) is 0.167. The average Bonchev–Trinajstić information content (AvgIpc) is 2.91. The second kappa shape index (κ2) is 5.83. The summed E-state index contributed by atoms with van der Waals surface area (Å²) >= 11 is 0. The van der Waals surface area contributed by atoms with E-state index in [9.17, 15) is 4.79 Å². The monoisotopic (exact) mass is 279 g/mol. The van der Waals surface area contributed by atoms with Crippen molar-refractivity contribution < 1.29 is 9.21 Å². The van der Waals surface area contributed by atoms with E-state index in [1.54, 1.807) is 6.26 Å². The molecule has 0 atom stereocenters. The summed E-state index contributed by atoms with van der Waals surface area (Å²) in [6.07, 6.45) is 2.96. The molecule has 21 heavy (non-hydrogen) atoms. The van der Waals surface area contributed by atoms with Crippen LogP contribution in [0.25, 0.3) is 11.0 Å². The Labute approximate surface area is 123 Å². The fourth-order valence-electron chi connectivity index (χ4n) is 2.37. The summed E-state index contributed by atoms with van der Waals surface area (Å²) in [5.74, 6) is -0.0363. The van der Waals surface area contributed by atoms with Crippen LogP contribution in [0, 0.1) is 0 Å². The zero-order chi connectivity index (χ0) is 14.7. The fourth-order valence-corrected chi connectivity index (χ4v) is 2.37. The van der Waals surface area contributed by atoms with E-state index in [1.165, 1.54) is 5.56 Å². The van der Waals surface area contributed by atoms with Gasteiger partial charge in [0.2, 0.25) is 5.91 Å². The number of carbonyl (C=O) groups is 1. The lowest BCUT2D eigenvalue weighted by Gasteiger charge is -2.05. The van der Waals surface area contributed by atoms with Gasteiger partial charge < -0.3 is 9.73 Å². The topological polar surface area (TPSA) is 42.2 Å². The smallest absolute Gasteiger partial charge is 0.228 e. The molecule has 3 heteroatoms.